The molecule has 0 bridgehead atoms. The summed E-state index contributed by atoms with van der Waals surface area (Å²) >= 11 is 1.56. The first-order valence-corrected chi connectivity index (χ1v) is 7.50. The number of urea groups is 1. The van der Waals surface area contributed by atoms with E-state index in [0.29, 0.717) is 13.1 Å². The SMILES string of the molecule is NC(=O)N1CCC(NC(CC(=O)O)c2cccs2)CC1. The molecule has 0 radical (unpaired) electrons. The third-order valence-corrected chi connectivity index (χ3v) is 4.49. The number of carbonyl (C=O) groups is 2. The van der Waals surface area contributed by atoms with Crippen LogP contribution in [0.15, 0.2) is 17.5 Å². The Kier molecular flexibility index (Phi) is 4.97. The van der Waals surface area contributed by atoms with Gasteiger partial charge in [0, 0.05) is 24.0 Å². The molecule has 110 valence electrons. The lowest BCUT2D eigenvalue weighted by molar-refractivity contribution is -0.137. The number of carbonyl (C=O) groups excluding carboxylic acids is 1. The van der Waals surface area contributed by atoms with Gasteiger partial charge in [0.2, 0.25) is 0 Å². The quantitative estimate of drug-likeness (QED) is 0.765. The molecule has 4 N–H and O–H groups in total. The molecule has 2 amide bonds. The molecule has 1 atom stereocenters. The Morgan fingerprint density at radius 2 is 2.20 bits per heavy atom. The highest BCUT2D eigenvalue weighted by Gasteiger charge is 2.25. The van der Waals surface area contributed by atoms with Crippen LogP contribution < -0.4 is 11.1 Å². The van der Waals surface area contributed by atoms with E-state index in [0.717, 1.165) is 17.7 Å². The number of nitrogens with zero attached hydrogens (tertiary/aromatic N) is 1. The standard InChI is InChI=1S/C13H19N3O3S/c14-13(19)16-5-3-9(4-6-16)15-10(8-12(17)18)11-2-1-7-20-11/h1-2,7,9-10,15H,3-6,8H2,(H2,14,19)(H,17,18). The summed E-state index contributed by atoms with van der Waals surface area (Å²) in [6.45, 7) is 1.24. The topological polar surface area (TPSA) is 95.7 Å². The Labute approximate surface area is 121 Å². The maximum atomic E-state index is 11.1. The van der Waals surface area contributed by atoms with Crippen molar-refractivity contribution in [3.05, 3.63) is 22.4 Å². The number of primary amides is 1. The summed E-state index contributed by atoms with van der Waals surface area (Å²) in [5.74, 6) is -0.814. The van der Waals surface area contributed by atoms with Crippen molar-refractivity contribution in [2.45, 2.75) is 31.3 Å². The molecule has 2 rings (SSSR count). The highest BCUT2D eigenvalue weighted by Crippen LogP contribution is 2.24. The molecule has 0 aromatic carbocycles. The molecule has 1 fully saturated rings. The molecule has 1 aliphatic rings. The first kappa shape index (κ1) is 14.8. The minimum atomic E-state index is -0.814. The van der Waals surface area contributed by atoms with E-state index in [9.17, 15) is 9.59 Å². The molecule has 6 nitrogen and oxygen atoms in total. The zero-order chi connectivity index (χ0) is 14.5. The molecule has 0 spiro atoms. The van der Waals surface area contributed by atoms with Gasteiger partial charge < -0.3 is 21.1 Å². The van der Waals surface area contributed by atoms with Crippen LogP contribution in [-0.2, 0) is 4.79 Å². The van der Waals surface area contributed by atoms with Gasteiger partial charge in [-0.25, -0.2) is 4.79 Å². The van der Waals surface area contributed by atoms with Crippen LogP contribution in [0.25, 0.3) is 0 Å². The average molecular weight is 297 g/mol. The van der Waals surface area contributed by atoms with Crippen molar-refractivity contribution in [1.82, 2.24) is 10.2 Å². The lowest BCUT2D eigenvalue weighted by atomic mass is 10.0. The molecule has 1 aromatic heterocycles. The lowest BCUT2D eigenvalue weighted by Gasteiger charge is -2.33. The molecule has 0 saturated carbocycles. The predicted molar refractivity (Wildman–Crippen MR) is 76.6 cm³/mol. The fourth-order valence-corrected chi connectivity index (χ4v) is 3.24. The number of amides is 2. The summed E-state index contributed by atoms with van der Waals surface area (Å²) in [6.07, 6.45) is 1.66. The number of thiophene rings is 1. The fourth-order valence-electron chi connectivity index (χ4n) is 2.46. The van der Waals surface area contributed by atoms with Crippen molar-refractivity contribution < 1.29 is 14.7 Å². The molecule has 20 heavy (non-hydrogen) atoms. The Morgan fingerprint density at radius 1 is 1.50 bits per heavy atom. The molecule has 1 unspecified atom stereocenters. The summed E-state index contributed by atoms with van der Waals surface area (Å²) in [7, 11) is 0. The third-order valence-electron chi connectivity index (χ3n) is 3.51. The highest BCUT2D eigenvalue weighted by molar-refractivity contribution is 7.10. The minimum Gasteiger partial charge on any atom is -0.481 e. The molecule has 1 aliphatic heterocycles. The number of piperidine rings is 1. The molecule has 0 aliphatic carbocycles. The van der Waals surface area contributed by atoms with Crippen LogP contribution >= 0.6 is 11.3 Å². The van der Waals surface area contributed by atoms with Crippen molar-refractivity contribution in [2.24, 2.45) is 5.73 Å². The zero-order valence-corrected chi connectivity index (χ0v) is 11.9. The number of hydrogen-bond donors (Lipinski definition) is 3. The molecular formula is C13H19N3O3S. The van der Waals surface area contributed by atoms with E-state index in [1.165, 1.54) is 0 Å². The Hall–Kier alpha value is -1.60. The summed E-state index contributed by atoms with van der Waals surface area (Å²) in [4.78, 5) is 24.7. The minimum absolute atomic E-state index is 0.0660. The first-order valence-electron chi connectivity index (χ1n) is 6.62. The van der Waals surface area contributed by atoms with E-state index in [-0.39, 0.29) is 24.5 Å². The summed E-state index contributed by atoms with van der Waals surface area (Å²) < 4.78 is 0. The van der Waals surface area contributed by atoms with Gasteiger partial charge in [-0.3, -0.25) is 4.79 Å². The molecule has 7 heteroatoms. The van der Waals surface area contributed by atoms with Gasteiger partial charge in [0.1, 0.15) is 0 Å². The second-order valence-corrected chi connectivity index (χ2v) is 5.91. The molecule has 1 saturated heterocycles. The van der Waals surface area contributed by atoms with Crippen molar-refractivity contribution in [2.75, 3.05) is 13.1 Å². The van der Waals surface area contributed by atoms with Crippen molar-refractivity contribution >= 4 is 23.3 Å². The highest BCUT2D eigenvalue weighted by atomic mass is 32.1. The van der Waals surface area contributed by atoms with Gasteiger partial charge in [-0.2, -0.15) is 0 Å². The first-order chi connectivity index (χ1) is 9.56. The maximum absolute atomic E-state index is 11.1. The van der Waals surface area contributed by atoms with E-state index < -0.39 is 5.97 Å². The number of rotatable bonds is 5. The molecule has 2 heterocycles. The van der Waals surface area contributed by atoms with E-state index in [4.69, 9.17) is 10.8 Å². The van der Waals surface area contributed by atoms with Crippen molar-refractivity contribution in [1.29, 1.82) is 0 Å². The van der Waals surface area contributed by atoms with Crippen molar-refractivity contribution in [3.8, 4) is 0 Å². The summed E-state index contributed by atoms with van der Waals surface area (Å²) in [5.41, 5.74) is 5.25. The maximum Gasteiger partial charge on any atom is 0.314 e. The predicted octanol–water partition coefficient (Wildman–Crippen LogP) is 1.40. The third kappa shape index (κ3) is 3.94. The van der Waals surface area contributed by atoms with Crippen LogP contribution in [0.2, 0.25) is 0 Å². The zero-order valence-electron chi connectivity index (χ0n) is 11.1. The normalized spacial score (nSPS) is 17.9. The smallest absolute Gasteiger partial charge is 0.314 e. The van der Waals surface area contributed by atoms with Crippen LogP contribution in [0, 0.1) is 0 Å². The largest absolute Gasteiger partial charge is 0.481 e. The monoisotopic (exact) mass is 297 g/mol. The van der Waals surface area contributed by atoms with E-state index in [2.05, 4.69) is 5.32 Å². The van der Waals surface area contributed by atoms with Crippen LogP contribution in [-0.4, -0.2) is 41.1 Å². The number of nitrogens with two attached hydrogens (primary N) is 1. The lowest BCUT2D eigenvalue weighted by Crippen LogP contribution is -2.47. The number of aliphatic carboxylic acids is 1. The van der Waals surface area contributed by atoms with Crippen molar-refractivity contribution in [3.63, 3.8) is 0 Å². The van der Waals surface area contributed by atoms with E-state index in [1.807, 2.05) is 17.5 Å². The van der Waals surface area contributed by atoms with Crippen LogP contribution in [0.3, 0.4) is 0 Å². The van der Waals surface area contributed by atoms with Crippen LogP contribution in [0.1, 0.15) is 30.2 Å². The number of carboxylic acids is 1. The van der Waals surface area contributed by atoms with E-state index >= 15 is 0 Å². The van der Waals surface area contributed by atoms with Gasteiger partial charge >= 0.3 is 12.0 Å². The summed E-state index contributed by atoms with van der Waals surface area (Å²) in [5, 5.41) is 14.4. The van der Waals surface area contributed by atoms with Crippen LogP contribution in [0.4, 0.5) is 4.79 Å². The number of carboxylic acid groups (broad SMARTS) is 1. The van der Waals surface area contributed by atoms with Gasteiger partial charge in [-0.15, -0.1) is 11.3 Å². The Bertz CT molecular complexity index is 455. The van der Waals surface area contributed by atoms with Gasteiger partial charge in [-0.05, 0) is 24.3 Å². The number of likely N-dealkylation sites (tertiary alicyclic amines) is 1. The van der Waals surface area contributed by atoms with Gasteiger partial charge in [-0.1, -0.05) is 6.07 Å². The molecule has 1 aromatic rings. The van der Waals surface area contributed by atoms with E-state index in [1.54, 1.807) is 16.2 Å². The number of hydrogen-bond acceptors (Lipinski definition) is 4. The van der Waals surface area contributed by atoms with Crippen LogP contribution in [0.5, 0.6) is 0 Å². The van der Waals surface area contributed by atoms with Gasteiger partial charge in [0.15, 0.2) is 0 Å². The Morgan fingerprint density at radius 3 is 2.70 bits per heavy atom. The van der Waals surface area contributed by atoms with Gasteiger partial charge in [0.05, 0.1) is 12.5 Å². The summed E-state index contributed by atoms with van der Waals surface area (Å²) in [6, 6.07) is 3.54. The molecular weight excluding hydrogens is 278 g/mol. The van der Waals surface area contributed by atoms with Gasteiger partial charge in [0.25, 0.3) is 0 Å². The second-order valence-electron chi connectivity index (χ2n) is 4.93. The Balaban J connectivity index is 1.92. The number of nitrogens with one attached hydrogen (secondary N) is 1. The second kappa shape index (κ2) is 6.71. The average Bonchev–Trinajstić information content (AvgIpc) is 2.92. The fraction of sp³-hybridized carbons (Fsp3) is 0.538.